The molecule has 4 aliphatic carbocycles. The average Bonchev–Trinajstić information content (AvgIpc) is 2.83. The molecule has 4 aliphatic rings. The van der Waals surface area contributed by atoms with Crippen LogP contribution in [0.1, 0.15) is 65.2 Å². The van der Waals surface area contributed by atoms with Crippen LogP contribution in [0.15, 0.2) is 0 Å². The largest absolute Gasteiger partial charge is 0.392 e. The fourth-order valence-electron chi connectivity index (χ4n) is 7.25. The monoisotopic (exact) mass is 314 g/mol. The molecule has 0 aromatic rings. The first-order valence-electron chi connectivity index (χ1n) is 9.57. The van der Waals surface area contributed by atoms with Gasteiger partial charge in [0, 0.05) is 17.8 Å². The minimum absolute atomic E-state index is 0.0218. The summed E-state index contributed by atoms with van der Waals surface area (Å²) in [5, 5.41) is 10.4. The van der Waals surface area contributed by atoms with Gasteiger partial charge in [0.2, 0.25) is 0 Å². The first-order chi connectivity index (χ1) is 10.9. The van der Waals surface area contributed by atoms with E-state index in [4.69, 9.17) is 6.42 Å². The SMILES string of the molecule is C#CC1C[C@@]2(C)C(CC[C@@H]3[C@H]2CC[C@]2(C)C(=O)CC[C@@H]32)CC1O. The van der Waals surface area contributed by atoms with Gasteiger partial charge in [0.25, 0.3) is 0 Å². The smallest absolute Gasteiger partial charge is 0.139 e. The van der Waals surface area contributed by atoms with Gasteiger partial charge in [-0.2, -0.15) is 0 Å². The molecule has 0 radical (unpaired) electrons. The fraction of sp³-hybridized carbons (Fsp3) is 0.857. The van der Waals surface area contributed by atoms with Crippen LogP contribution < -0.4 is 0 Å². The fourth-order valence-corrected chi connectivity index (χ4v) is 7.25. The number of hydrogen-bond acceptors (Lipinski definition) is 2. The third-order valence-corrected chi connectivity index (χ3v) is 8.64. The molecule has 0 aliphatic heterocycles. The maximum absolute atomic E-state index is 12.4. The number of aliphatic hydroxyl groups excluding tert-OH is 1. The minimum Gasteiger partial charge on any atom is -0.392 e. The number of hydrogen-bond donors (Lipinski definition) is 1. The zero-order chi connectivity index (χ0) is 16.4. The van der Waals surface area contributed by atoms with Crippen molar-refractivity contribution in [2.45, 2.75) is 71.3 Å². The van der Waals surface area contributed by atoms with Crippen molar-refractivity contribution < 1.29 is 9.90 Å². The highest BCUT2D eigenvalue weighted by atomic mass is 16.3. The van der Waals surface area contributed by atoms with Gasteiger partial charge in [-0.3, -0.25) is 4.79 Å². The standard InChI is InChI=1S/C21H30O2/c1-4-13-12-21(3)14(11-18(13)22)5-6-15-16-7-8-19(23)20(16,2)10-9-17(15)21/h1,13-18,22H,5-12H2,2-3H3/t13?,14?,15-,16-,17+,18?,20-,21-/m0/s1. The number of rotatable bonds is 0. The van der Waals surface area contributed by atoms with Crippen molar-refractivity contribution in [1.82, 2.24) is 0 Å². The van der Waals surface area contributed by atoms with Gasteiger partial charge >= 0.3 is 0 Å². The summed E-state index contributed by atoms with van der Waals surface area (Å²) in [4.78, 5) is 12.4. The van der Waals surface area contributed by atoms with Crippen molar-refractivity contribution in [3.05, 3.63) is 0 Å². The van der Waals surface area contributed by atoms with Gasteiger partial charge in [-0.25, -0.2) is 0 Å². The lowest BCUT2D eigenvalue weighted by molar-refractivity contribution is -0.145. The van der Waals surface area contributed by atoms with Gasteiger partial charge in [0.1, 0.15) is 5.78 Å². The van der Waals surface area contributed by atoms with Crippen molar-refractivity contribution in [3.8, 4) is 12.3 Å². The molecule has 2 heteroatoms. The van der Waals surface area contributed by atoms with Crippen LogP contribution in [0.25, 0.3) is 0 Å². The van der Waals surface area contributed by atoms with Crippen LogP contribution in [-0.4, -0.2) is 17.0 Å². The normalized spacial score (nSPS) is 55.5. The molecule has 126 valence electrons. The molecule has 0 aromatic carbocycles. The van der Waals surface area contributed by atoms with E-state index in [1.54, 1.807) is 0 Å². The number of Topliss-reactive ketones (excluding diaryl/α,β-unsaturated/α-hetero) is 1. The van der Waals surface area contributed by atoms with Gasteiger partial charge in [-0.05, 0) is 74.0 Å². The number of carbonyl (C=O) groups is 1. The molecule has 23 heavy (non-hydrogen) atoms. The molecular weight excluding hydrogens is 284 g/mol. The van der Waals surface area contributed by atoms with E-state index in [9.17, 15) is 9.90 Å². The summed E-state index contributed by atoms with van der Waals surface area (Å²) in [6.45, 7) is 4.69. The summed E-state index contributed by atoms with van der Waals surface area (Å²) in [6, 6.07) is 0. The molecule has 3 unspecified atom stereocenters. The minimum atomic E-state index is -0.309. The Morgan fingerprint density at radius 3 is 2.70 bits per heavy atom. The van der Waals surface area contributed by atoms with Crippen LogP contribution in [0, 0.1) is 52.8 Å². The van der Waals surface area contributed by atoms with E-state index in [0.29, 0.717) is 29.5 Å². The first-order valence-corrected chi connectivity index (χ1v) is 9.57. The maximum atomic E-state index is 12.4. The third-order valence-electron chi connectivity index (χ3n) is 8.64. The summed E-state index contributed by atoms with van der Waals surface area (Å²) >= 11 is 0. The van der Waals surface area contributed by atoms with Gasteiger partial charge in [-0.1, -0.05) is 13.8 Å². The molecule has 0 heterocycles. The second kappa shape index (κ2) is 5.09. The average molecular weight is 314 g/mol. The summed E-state index contributed by atoms with van der Waals surface area (Å²) < 4.78 is 0. The number of terminal acetylenes is 1. The highest BCUT2D eigenvalue weighted by Crippen LogP contribution is 2.65. The Balaban J connectivity index is 1.65. The van der Waals surface area contributed by atoms with Crippen molar-refractivity contribution in [1.29, 1.82) is 0 Å². The topological polar surface area (TPSA) is 37.3 Å². The Morgan fingerprint density at radius 2 is 1.96 bits per heavy atom. The molecule has 4 saturated carbocycles. The summed E-state index contributed by atoms with van der Waals surface area (Å²) in [7, 11) is 0. The van der Waals surface area contributed by atoms with E-state index in [0.717, 1.165) is 32.1 Å². The summed E-state index contributed by atoms with van der Waals surface area (Å²) in [5.74, 6) is 6.03. The summed E-state index contributed by atoms with van der Waals surface area (Å²) in [5.41, 5.74) is 0.232. The first kappa shape index (κ1) is 15.7. The Bertz CT molecular complexity index is 561. The van der Waals surface area contributed by atoms with Crippen LogP contribution >= 0.6 is 0 Å². The lowest BCUT2D eigenvalue weighted by Gasteiger charge is -2.60. The molecule has 0 bridgehead atoms. The Hall–Kier alpha value is -0.810. The number of carbonyl (C=O) groups excluding carboxylic acids is 1. The van der Waals surface area contributed by atoms with Crippen LogP contribution in [-0.2, 0) is 4.79 Å². The van der Waals surface area contributed by atoms with E-state index in [2.05, 4.69) is 19.8 Å². The molecule has 0 aromatic heterocycles. The second-order valence-electron chi connectivity index (χ2n) is 9.36. The zero-order valence-corrected chi connectivity index (χ0v) is 14.6. The van der Waals surface area contributed by atoms with Crippen LogP contribution in [0.4, 0.5) is 0 Å². The lowest BCUT2D eigenvalue weighted by atomic mass is 9.44. The van der Waals surface area contributed by atoms with E-state index >= 15 is 0 Å². The van der Waals surface area contributed by atoms with E-state index in [1.807, 2.05) is 0 Å². The van der Waals surface area contributed by atoms with Gasteiger partial charge in [0.05, 0.1) is 6.10 Å². The molecule has 4 fully saturated rings. The van der Waals surface area contributed by atoms with Crippen molar-refractivity contribution in [2.24, 2.45) is 40.4 Å². The van der Waals surface area contributed by atoms with Crippen molar-refractivity contribution in [2.75, 3.05) is 0 Å². The Morgan fingerprint density at radius 1 is 1.17 bits per heavy atom. The van der Waals surface area contributed by atoms with E-state index < -0.39 is 0 Å². The molecular formula is C21H30O2. The number of ketones is 1. The molecule has 0 saturated heterocycles. The zero-order valence-electron chi connectivity index (χ0n) is 14.6. The quantitative estimate of drug-likeness (QED) is 0.690. The second-order valence-corrected chi connectivity index (χ2v) is 9.36. The predicted octanol–water partition coefficient (Wildman–Crippen LogP) is 3.82. The molecule has 0 spiro atoms. The Kier molecular flexibility index (Phi) is 3.48. The van der Waals surface area contributed by atoms with Gasteiger partial charge in [-0.15, -0.1) is 12.3 Å². The van der Waals surface area contributed by atoms with E-state index in [-0.39, 0.29) is 22.9 Å². The van der Waals surface area contributed by atoms with Crippen molar-refractivity contribution >= 4 is 5.78 Å². The van der Waals surface area contributed by atoms with Gasteiger partial charge < -0.3 is 5.11 Å². The molecule has 4 rings (SSSR count). The molecule has 2 nitrogen and oxygen atoms in total. The highest BCUT2D eigenvalue weighted by molar-refractivity contribution is 5.87. The highest BCUT2D eigenvalue weighted by Gasteiger charge is 2.60. The summed E-state index contributed by atoms with van der Waals surface area (Å²) in [6.07, 6.45) is 13.9. The maximum Gasteiger partial charge on any atom is 0.139 e. The van der Waals surface area contributed by atoms with Gasteiger partial charge in [0.15, 0.2) is 0 Å². The molecule has 0 amide bonds. The predicted molar refractivity (Wildman–Crippen MR) is 90.4 cm³/mol. The van der Waals surface area contributed by atoms with Crippen LogP contribution in [0.2, 0.25) is 0 Å². The lowest BCUT2D eigenvalue weighted by Crippen LogP contribution is -2.55. The number of fused-ring (bicyclic) bond motifs is 5. The van der Waals surface area contributed by atoms with Crippen LogP contribution in [0.5, 0.6) is 0 Å². The third kappa shape index (κ3) is 2.02. The van der Waals surface area contributed by atoms with Crippen molar-refractivity contribution in [3.63, 3.8) is 0 Å². The Labute approximate surface area is 140 Å². The molecule has 1 N–H and O–H groups in total. The molecule has 8 atom stereocenters. The number of aliphatic hydroxyl groups is 1. The van der Waals surface area contributed by atoms with Crippen LogP contribution in [0.3, 0.4) is 0 Å². The van der Waals surface area contributed by atoms with E-state index in [1.165, 1.54) is 19.3 Å².